The first-order valence-corrected chi connectivity index (χ1v) is 5.04. The molecule has 0 saturated carbocycles. The van der Waals surface area contributed by atoms with E-state index in [-0.39, 0.29) is 18.4 Å². The second-order valence-corrected chi connectivity index (χ2v) is 3.73. The summed E-state index contributed by atoms with van der Waals surface area (Å²) in [7, 11) is 0. The minimum absolute atomic E-state index is 0. The van der Waals surface area contributed by atoms with E-state index in [1.807, 2.05) is 0 Å². The molecule has 1 heterocycles. The highest BCUT2D eigenvalue weighted by Crippen LogP contribution is 2.21. The Morgan fingerprint density at radius 1 is 1.44 bits per heavy atom. The van der Waals surface area contributed by atoms with Gasteiger partial charge in [0.05, 0.1) is 6.42 Å². The highest BCUT2D eigenvalue weighted by molar-refractivity contribution is 5.85. The van der Waals surface area contributed by atoms with Gasteiger partial charge in [0.2, 0.25) is 5.91 Å². The molecule has 2 N–H and O–H groups in total. The summed E-state index contributed by atoms with van der Waals surface area (Å²) in [5.41, 5.74) is 0. The maximum Gasteiger partial charge on any atom is 0.389 e. The molecule has 0 bridgehead atoms. The predicted octanol–water partition coefficient (Wildman–Crippen LogP) is 1.62. The fourth-order valence-electron chi connectivity index (χ4n) is 1.53. The Bertz CT molecular complexity index is 217. The van der Waals surface area contributed by atoms with E-state index in [0.29, 0.717) is 6.54 Å². The Morgan fingerprint density at radius 3 is 2.62 bits per heavy atom. The molecule has 0 radical (unpaired) electrons. The van der Waals surface area contributed by atoms with E-state index in [1.54, 1.807) is 0 Å². The summed E-state index contributed by atoms with van der Waals surface area (Å²) in [6.45, 7) is 1.56. The highest BCUT2D eigenvalue weighted by Gasteiger charge is 2.28. The van der Waals surface area contributed by atoms with Crippen molar-refractivity contribution in [3.8, 4) is 0 Å². The van der Waals surface area contributed by atoms with Gasteiger partial charge in [-0.15, -0.1) is 12.4 Å². The number of alkyl halides is 3. The Labute approximate surface area is 98.6 Å². The highest BCUT2D eigenvalue weighted by atomic mass is 35.5. The summed E-state index contributed by atoms with van der Waals surface area (Å²) in [6, 6.07) is -0.0144. The second kappa shape index (κ2) is 6.96. The molecule has 16 heavy (non-hydrogen) atoms. The lowest BCUT2D eigenvalue weighted by Gasteiger charge is -2.23. The van der Waals surface area contributed by atoms with E-state index in [0.717, 1.165) is 19.4 Å². The number of hydrogen-bond donors (Lipinski definition) is 2. The minimum atomic E-state index is -4.25. The van der Waals surface area contributed by atoms with Crippen LogP contribution in [0.3, 0.4) is 0 Å². The zero-order chi connectivity index (χ0) is 11.3. The van der Waals surface area contributed by atoms with Gasteiger partial charge in [-0.25, -0.2) is 0 Å². The van der Waals surface area contributed by atoms with Gasteiger partial charge in [0.1, 0.15) is 0 Å². The molecule has 1 aliphatic heterocycles. The maximum atomic E-state index is 11.8. The standard InChI is InChI=1S/C9H15F3N2O.ClH/c10-9(11,12)4-3-8(15)14-7-2-1-5-13-6-7;/h7,13H,1-6H2,(H,14,15);1H. The van der Waals surface area contributed by atoms with Crippen LogP contribution in [0.25, 0.3) is 0 Å². The van der Waals surface area contributed by atoms with Crippen LogP contribution in [-0.2, 0) is 4.79 Å². The number of nitrogens with one attached hydrogen (secondary N) is 2. The third kappa shape index (κ3) is 6.90. The van der Waals surface area contributed by atoms with Crippen LogP contribution in [0.5, 0.6) is 0 Å². The molecule has 0 aliphatic carbocycles. The lowest BCUT2D eigenvalue weighted by Crippen LogP contribution is -2.45. The summed E-state index contributed by atoms with van der Waals surface area (Å²) in [5, 5.41) is 5.67. The molecule has 0 aromatic heterocycles. The van der Waals surface area contributed by atoms with E-state index >= 15 is 0 Å². The zero-order valence-electron chi connectivity index (χ0n) is 8.77. The van der Waals surface area contributed by atoms with Gasteiger partial charge in [-0.2, -0.15) is 13.2 Å². The molecule has 1 amide bonds. The molecular formula is C9H16ClF3N2O. The number of amides is 1. The lowest BCUT2D eigenvalue weighted by atomic mass is 10.1. The van der Waals surface area contributed by atoms with Crippen molar-refractivity contribution in [1.29, 1.82) is 0 Å². The first kappa shape index (κ1) is 15.5. The third-order valence-electron chi connectivity index (χ3n) is 2.30. The van der Waals surface area contributed by atoms with Crippen molar-refractivity contribution in [2.75, 3.05) is 13.1 Å². The van der Waals surface area contributed by atoms with Crippen LogP contribution in [0.2, 0.25) is 0 Å². The fraction of sp³-hybridized carbons (Fsp3) is 0.889. The van der Waals surface area contributed by atoms with E-state index < -0.39 is 24.9 Å². The maximum absolute atomic E-state index is 11.8. The second-order valence-electron chi connectivity index (χ2n) is 3.73. The number of carbonyl (C=O) groups is 1. The number of piperidine rings is 1. The van der Waals surface area contributed by atoms with Crippen LogP contribution in [-0.4, -0.2) is 31.2 Å². The number of halogens is 4. The quantitative estimate of drug-likeness (QED) is 0.810. The van der Waals surface area contributed by atoms with E-state index in [4.69, 9.17) is 0 Å². The van der Waals surface area contributed by atoms with Crippen molar-refractivity contribution >= 4 is 18.3 Å². The Hall–Kier alpha value is -0.490. The van der Waals surface area contributed by atoms with Crippen LogP contribution < -0.4 is 10.6 Å². The van der Waals surface area contributed by atoms with Gasteiger partial charge in [-0.3, -0.25) is 4.79 Å². The first-order valence-electron chi connectivity index (χ1n) is 5.04. The summed E-state index contributed by atoms with van der Waals surface area (Å²) in [6.07, 6.45) is -3.98. The number of rotatable bonds is 3. The molecule has 96 valence electrons. The Kier molecular flexibility index (Phi) is 6.74. The number of hydrogen-bond acceptors (Lipinski definition) is 2. The van der Waals surface area contributed by atoms with Crippen molar-refractivity contribution in [3.63, 3.8) is 0 Å². The Morgan fingerprint density at radius 2 is 2.12 bits per heavy atom. The summed E-state index contributed by atoms with van der Waals surface area (Å²) >= 11 is 0. The average Bonchev–Trinajstić information content (AvgIpc) is 2.15. The SMILES string of the molecule is Cl.O=C(CCC(F)(F)F)NC1CCCNC1. The van der Waals surface area contributed by atoms with Gasteiger partial charge < -0.3 is 10.6 Å². The molecule has 3 nitrogen and oxygen atoms in total. The molecule has 0 aromatic rings. The minimum Gasteiger partial charge on any atom is -0.352 e. The summed E-state index contributed by atoms with van der Waals surface area (Å²) < 4.78 is 35.4. The van der Waals surface area contributed by atoms with E-state index in [2.05, 4.69) is 10.6 Å². The van der Waals surface area contributed by atoms with Crippen LogP contribution >= 0.6 is 12.4 Å². The van der Waals surface area contributed by atoms with Crippen molar-refractivity contribution < 1.29 is 18.0 Å². The molecule has 1 aliphatic rings. The monoisotopic (exact) mass is 260 g/mol. The molecule has 0 spiro atoms. The van der Waals surface area contributed by atoms with Gasteiger partial charge in [-0.05, 0) is 19.4 Å². The molecule has 1 saturated heterocycles. The molecule has 7 heteroatoms. The van der Waals surface area contributed by atoms with E-state index in [1.165, 1.54) is 0 Å². The molecule has 1 rings (SSSR count). The zero-order valence-corrected chi connectivity index (χ0v) is 9.59. The van der Waals surface area contributed by atoms with Crippen molar-refractivity contribution in [1.82, 2.24) is 10.6 Å². The van der Waals surface area contributed by atoms with Crippen LogP contribution in [0.15, 0.2) is 0 Å². The van der Waals surface area contributed by atoms with Crippen LogP contribution in [0.1, 0.15) is 25.7 Å². The first-order chi connectivity index (χ1) is 6.97. The smallest absolute Gasteiger partial charge is 0.352 e. The Balaban J connectivity index is 0.00000225. The molecule has 1 atom stereocenters. The molecule has 1 unspecified atom stereocenters. The lowest BCUT2D eigenvalue weighted by molar-refractivity contribution is -0.144. The van der Waals surface area contributed by atoms with Crippen LogP contribution in [0, 0.1) is 0 Å². The van der Waals surface area contributed by atoms with Crippen molar-refractivity contribution in [3.05, 3.63) is 0 Å². The largest absolute Gasteiger partial charge is 0.389 e. The predicted molar refractivity (Wildman–Crippen MR) is 56.6 cm³/mol. The van der Waals surface area contributed by atoms with Gasteiger partial charge >= 0.3 is 6.18 Å². The van der Waals surface area contributed by atoms with E-state index in [9.17, 15) is 18.0 Å². The fourth-order valence-corrected chi connectivity index (χ4v) is 1.53. The number of carbonyl (C=O) groups excluding carboxylic acids is 1. The normalized spacial score (nSPS) is 21.1. The molecule has 0 aromatic carbocycles. The summed E-state index contributed by atoms with van der Waals surface area (Å²) in [5.74, 6) is -0.513. The summed E-state index contributed by atoms with van der Waals surface area (Å²) in [4.78, 5) is 11.1. The van der Waals surface area contributed by atoms with Gasteiger partial charge in [0.25, 0.3) is 0 Å². The van der Waals surface area contributed by atoms with Crippen molar-refractivity contribution in [2.45, 2.75) is 37.9 Å². The van der Waals surface area contributed by atoms with Crippen molar-refractivity contribution in [2.24, 2.45) is 0 Å². The van der Waals surface area contributed by atoms with Gasteiger partial charge in [0, 0.05) is 19.0 Å². The third-order valence-corrected chi connectivity index (χ3v) is 2.30. The topological polar surface area (TPSA) is 41.1 Å². The van der Waals surface area contributed by atoms with Crippen LogP contribution in [0.4, 0.5) is 13.2 Å². The molecule has 1 fully saturated rings. The molecular weight excluding hydrogens is 245 g/mol. The average molecular weight is 261 g/mol. The van der Waals surface area contributed by atoms with Gasteiger partial charge in [0.15, 0.2) is 0 Å². The van der Waals surface area contributed by atoms with Gasteiger partial charge in [-0.1, -0.05) is 0 Å².